The molecular formula is C13H19ClN2O3S. The molecule has 0 saturated heterocycles. The molecule has 2 unspecified atom stereocenters. The molecule has 1 aliphatic carbocycles. The third-order valence-corrected chi connectivity index (χ3v) is 5.78. The molecule has 0 aromatic carbocycles. The lowest BCUT2D eigenvalue weighted by Gasteiger charge is -2.38. The van der Waals surface area contributed by atoms with Gasteiger partial charge in [-0.1, -0.05) is 31.4 Å². The Bertz CT molecular complexity index is 579. The van der Waals surface area contributed by atoms with Crippen LogP contribution in [0.4, 0.5) is 0 Å². The maximum absolute atomic E-state index is 12.4. The largest absolute Gasteiger partial charge is 0.394 e. The summed E-state index contributed by atoms with van der Waals surface area (Å²) in [4.78, 5) is 3.74. The topological polar surface area (TPSA) is 79.3 Å². The Hall–Kier alpha value is -0.690. The Morgan fingerprint density at radius 1 is 1.60 bits per heavy atom. The van der Waals surface area contributed by atoms with Crippen LogP contribution in [-0.4, -0.2) is 30.7 Å². The van der Waals surface area contributed by atoms with Crippen LogP contribution in [0.5, 0.6) is 0 Å². The molecule has 1 aliphatic rings. The summed E-state index contributed by atoms with van der Waals surface area (Å²) in [6.07, 6.45) is 4.64. The Morgan fingerprint density at radius 2 is 2.35 bits per heavy atom. The highest BCUT2D eigenvalue weighted by Gasteiger charge is 2.38. The van der Waals surface area contributed by atoms with Gasteiger partial charge >= 0.3 is 0 Å². The second-order valence-electron chi connectivity index (χ2n) is 5.54. The summed E-state index contributed by atoms with van der Waals surface area (Å²) in [7, 11) is -3.79. The number of nitrogens with one attached hydrogen (secondary N) is 1. The number of halogens is 1. The third kappa shape index (κ3) is 3.31. The number of aromatic nitrogens is 1. The van der Waals surface area contributed by atoms with Gasteiger partial charge in [0.2, 0.25) is 10.0 Å². The van der Waals surface area contributed by atoms with Crippen LogP contribution in [-0.2, 0) is 10.0 Å². The summed E-state index contributed by atoms with van der Waals surface area (Å²) in [6, 6.07) is 2.94. The lowest BCUT2D eigenvalue weighted by atomic mass is 9.78. The van der Waals surface area contributed by atoms with Crippen molar-refractivity contribution in [1.29, 1.82) is 0 Å². The van der Waals surface area contributed by atoms with E-state index in [0.29, 0.717) is 18.8 Å². The molecule has 7 heteroatoms. The molecule has 0 radical (unpaired) electrons. The monoisotopic (exact) mass is 318 g/mol. The minimum Gasteiger partial charge on any atom is -0.394 e. The van der Waals surface area contributed by atoms with Crippen molar-refractivity contribution in [3.05, 3.63) is 23.5 Å². The van der Waals surface area contributed by atoms with Gasteiger partial charge in [-0.15, -0.1) is 0 Å². The van der Waals surface area contributed by atoms with Gasteiger partial charge < -0.3 is 5.11 Å². The maximum atomic E-state index is 12.4. The molecule has 1 saturated carbocycles. The number of pyridine rings is 1. The molecule has 20 heavy (non-hydrogen) atoms. The SMILES string of the molecule is CC1CCCC(CO)(NS(=O)(=O)c2cccnc2Cl)C1. The van der Waals surface area contributed by atoms with Crippen LogP contribution in [0.3, 0.4) is 0 Å². The van der Waals surface area contributed by atoms with Crippen molar-refractivity contribution in [3.8, 4) is 0 Å². The summed E-state index contributed by atoms with van der Waals surface area (Å²) < 4.78 is 27.5. The summed E-state index contributed by atoms with van der Waals surface area (Å²) >= 11 is 5.85. The first-order chi connectivity index (χ1) is 9.38. The first-order valence-corrected chi connectivity index (χ1v) is 8.50. The second-order valence-corrected chi connectivity index (χ2v) is 7.55. The van der Waals surface area contributed by atoms with Crippen molar-refractivity contribution >= 4 is 21.6 Å². The van der Waals surface area contributed by atoms with Crippen molar-refractivity contribution in [2.75, 3.05) is 6.61 Å². The van der Waals surface area contributed by atoms with Crippen molar-refractivity contribution in [1.82, 2.24) is 9.71 Å². The van der Waals surface area contributed by atoms with E-state index < -0.39 is 15.6 Å². The van der Waals surface area contributed by atoms with E-state index in [0.717, 1.165) is 12.8 Å². The van der Waals surface area contributed by atoms with Crippen LogP contribution in [0.25, 0.3) is 0 Å². The predicted molar refractivity (Wildman–Crippen MR) is 77.0 cm³/mol. The van der Waals surface area contributed by atoms with Crippen molar-refractivity contribution in [2.45, 2.75) is 43.0 Å². The van der Waals surface area contributed by atoms with Crippen LogP contribution in [0.2, 0.25) is 5.15 Å². The smallest absolute Gasteiger partial charge is 0.244 e. The van der Waals surface area contributed by atoms with Gasteiger partial charge in [0.15, 0.2) is 0 Å². The Kier molecular flexibility index (Phi) is 4.69. The average Bonchev–Trinajstić information content (AvgIpc) is 2.38. The number of aliphatic hydroxyl groups is 1. The molecule has 0 aliphatic heterocycles. The minimum atomic E-state index is -3.79. The van der Waals surface area contributed by atoms with Gasteiger partial charge in [-0.2, -0.15) is 0 Å². The van der Waals surface area contributed by atoms with E-state index >= 15 is 0 Å². The number of hydrogen-bond donors (Lipinski definition) is 2. The van der Waals surface area contributed by atoms with Crippen molar-refractivity contribution in [3.63, 3.8) is 0 Å². The van der Waals surface area contributed by atoms with E-state index in [1.54, 1.807) is 0 Å². The van der Waals surface area contributed by atoms with E-state index in [-0.39, 0.29) is 16.7 Å². The minimum absolute atomic E-state index is 0.0484. The molecule has 1 aromatic heterocycles. The lowest BCUT2D eigenvalue weighted by Crippen LogP contribution is -2.53. The molecule has 0 bridgehead atoms. The van der Waals surface area contributed by atoms with Crippen LogP contribution < -0.4 is 4.72 Å². The Labute approximate surface area is 124 Å². The number of nitrogens with zero attached hydrogens (tertiary/aromatic N) is 1. The van der Waals surface area contributed by atoms with Gasteiger partial charge in [0.1, 0.15) is 10.0 Å². The molecule has 0 spiro atoms. The maximum Gasteiger partial charge on any atom is 0.244 e. The Morgan fingerprint density at radius 3 is 2.95 bits per heavy atom. The van der Waals surface area contributed by atoms with E-state index in [2.05, 4.69) is 16.6 Å². The van der Waals surface area contributed by atoms with E-state index in [1.807, 2.05) is 0 Å². The molecule has 2 atom stereocenters. The number of aliphatic hydroxyl groups excluding tert-OH is 1. The zero-order valence-corrected chi connectivity index (χ0v) is 12.9. The van der Waals surface area contributed by atoms with E-state index in [4.69, 9.17) is 11.6 Å². The molecule has 0 amide bonds. The molecule has 1 heterocycles. The molecule has 2 rings (SSSR count). The number of rotatable bonds is 4. The fraction of sp³-hybridized carbons (Fsp3) is 0.615. The zero-order chi connectivity index (χ0) is 14.8. The van der Waals surface area contributed by atoms with E-state index in [9.17, 15) is 13.5 Å². The van der Waals surface area contributed by atoms with Crippen molar-refractivity contribution < 1.29 is 13.5 Å². The van der Waals surface area contributed by atoms with Gasteiger partial charge in [0.25, 0.3) is 0 Å². The van der Waals surface area contributed by atoms with Crippen molar-refractivity contribution in [2.24, 2.45) is 5.92 Å². The normalized spacial score (nSPS) is 27.4. The van der Waals surface area contributed by atoms with Gasteiger partial charge in [-0.3, -0.25) is 0 Å². The highest BCUT2D eigenvalue weighted by Crippen LogP contribution is 2.33. The van der Waals surface area contributed by atoms with Crippen LogP contribution in [0.15, 0.2) is 23.2 Å². The molecule has 5 nitrogen and oxygen atoms in total. The first kappa shape index (κ1) is 15.7. The van der Waals surface area contributed by atoms with E-state index in [1.165, 1.54) is 18.3 Å². The molecular weight excluding hydrogens is 300 g/mol. The standard InChI is InChI=1S/C13H19ClN2O3S/c1-10-4-2-6-13(8-10,9-17)16-20(18,19)11-5-3-7-15-12(11)14/h3,5,7,10,16-17H,2,4,6,8-9H2,1H3. The molecule has 1 fully saturated rings. The molecule has 1 aromatic rings. The zero-order valence-electron chi connectivity index (χ0n) is 11.3. The highest BCUT2D eigenvalue weighted by atomic mass is 35.5. The lowest BCUT2D eigenvalue weighted by molar-refractivity contribution is 0.119. The van der Waals surface area contributed by atoms with Crippen LogP contribution >= 0.6 is 11.6 Å². The Balaban J connectivity index is 2.29. The third-order valence-electron chi connectivity index (χ3n) is 3.76. The molecule has 2 N–H and O–H groups in total. The number of hydrogen-bond acceptors (Lipinski definition) is 4. The molecule has 112 valence electrons. The van der Waals surface area contributed by atoms with Crippen LogP contribution in [0.1, 0.15) is 32.6 Å². The predicted octanol–water partition coefficient (Wildman–Crippen LogP) is 1.95. The summed E-state index contributed by atoms with van der Waals surface area (Å²) in [5, 5.41) is 9.60. The summed E-state index contributed by atoms with van der Waals surface area (Å²) in [6.45, 7) is 1.85. The second kappa shape index (κ2) is 5.97. The fourth-order valence-electron chi connectivity index (χ4n) is 2.84. The number of sulfonamides is 1. The highest BCUT2D eigenvalue weighted by molar-refractivity contribution is 7.89. The van der Waals surface area contributed by atoms with Gasteiger partial charge in [0.05, 0.1) is 12.1 Å². The van der Waals surface area contributed by atoms with Crippen LogP contribution in [0, 0.1) is 5.92 Å². The van der Waals surface area contributed by atoms with Gasteiger partial charge in [-0.05, 0) is 30.9 Å². The average molecular weight is 319 g/mol. The summed E-state index contributed by atoms with van der Waals surface area (Å²) in [5.74, 6) is 0.378. The fourth-order valence-corrected chi connectivity index (χ4v) is 4.73. The summed E-state index contributed by atoms with van der Waals surface area (Å²) in [5.41, 5.74) is -0.796. The van der Waals surface area contributed by atoms with Gasteiger partial charge in [0, 0.05) is 6.20 Å². The quantitative estimate of drug-likeness (QED) is 0.832. The van der Waals surface area contributed by atoms with Gasteiger partial charge in [-0.25, -0.2) is 18.1 Å². The first-order valence-electron chi connectivity index (χ1n) is 6.64.